The van der Waals surface area contributed by atoms with Gasteiger partial charge in [-0.1, -0.05) is 18.2 Å². The number of pyridine rings is 1. The average molecular weight is 405 g/mol. The van der Waals surface area contributed by atoms with E-state index in [9.17, 15) is 14.4 Å². The van der Waals surface area contributed by atoms with Crippen molar-refractivity contribution in [2.24, 2.45) is 0 Å². The average Bonchev–Trinajstić information content (AvgIpc) is 3.26. The Kier molecular flexibility index (Phi) is 5.22. The molecule has 30 heavy (non-hydrogen) atoms. The third-order valence-electron chi connectivity index (χ3n) is 5.16. The van der Waals surface area contributed by atoms with Crippen LogP contribution in [0.4, 0.5) is 10.5 Å². The van der Waals surface area contributed by atoms with Crippen LogP contribution in [-0.4, -0.2) is 57.2 Å². The van der Waals surface area contributed by atoms with Crippen LogP contribution < -0.4 is 5.32 Å². The van der Waals surface area contributed by atoms with Crippen molar-refractivity contribution in [3.63, 3.8) is 0 Å². The summed E-state index contributed by atoms with van der Waals surface area (Å²) < 4.78 is 1.99. The third kappa shape index (κ3) is 3.89. The van der Waals surface area contributed by atoms with Gasteiger partial charge in [-0.3, -0.25) is 14.5 Å². The normalized spacial score (nSPS) is 14.1. The van der Waals surface area contributed by atoms with Gasteiger partial charge in [0.15, 0.2) is 0 Å². The molecule has 0 atom stereocenters. The summed E-state index contributed by atoms with van der Waals surface area (Å²) in [6, 6.07) is 11.2. The quantitative estimate of drug-likeness (QED) is 0.639. The van der Waals surface area contributed by atoms with Crippen LogP contribution in [0.1, 0.15) is 18.4 Å². The summed E-state index contributed by atoms with van der Waals surface area (Å²) in [5, 5.41) is 2.85. The molecule has 0 saturated carbocycles. The molecule has 2 aromatic heterocycles. The molecule has 3 aromatic rings. The molecule has 1 fully saturated rings. The Morgan fingerprint density at radius 3 is 2.60 bits per heavy atom. The number of urea groups is 1. The van der Waals surface area contributed by atoms with Crippen LogP contribution >= 0.6 is 0 Å². The van der Waals surface area contributed by atoms with Crippen molar-refractivity contribution in [1.82, 2.24) is 19.2 Å². The fourth-order valence-electron chi connectivity index (χ4n) is 3.53. The number of aryl methyl sites for hydroxylation is 1. The predicted molar refractivity (Wildman–Crippen MR) is 113 cm³/mol. The SMILES string of the molecule is Cc1cccn2cc(-c3ccc(NC(=O)CCCN4C(=O)CN(C)C4=O)cc3)nc12. The number of fused-ring (bicyclic) bond motifs is 1. The zero-order chi connectivity index (χ0) is 21.3. The molecule has 1 aliphatic heterocycles. The van der Waals surface area contributed by atoms with Gasteiger partial charge in [-0.15, -0.1) is 0 Å². The Morgan fingerprint density at radius 2 is 1.93 bits per heavy atom. The zero-order valence-corrected chi connectivity index (χ0v) is 17.0. The molecule has 0 spiro atoms. The van der Waals surface area contributed by atoms with E-state index in [4.69, 9.17) is 0 Å². The van der Waals surface area contributed by atoms with Crippen LogP contribution in [0.25, 0.3) is 16.9 Å². The molecule has 154 valence electrons. The molecular weight excluding hydrogens is 382 g/mol. The molecule has 0 bridgehead atoms. The monoisotopic (exact) mass is 405 g/mol. The van der Waals surface area contributed by atoms with Gasteiger partial charge in [0.25, 0.3) is 0 Å². The van der Waals surface area contributed by atoms with E-state index < -0.39 is 0 Å². The van der Waals surface area contributed by atoms with E-state index in [1.165, 1.54) is 9.80 Å². The molecule has 3 heterocycles. The maximum Gasteiger partial charge on any atom is 0.326 e. The molecule has 8 nitrogen and oxygen atoms in total. The van der Waals surface area contributed by atoms with Crippen molar-refractivity contribution in [1.29, 1.82) is 0 Å². The fourth-order valence-corrected chi connectivity index (χ4v) is 3.53. The summed E-state index contributed by atoms with van der Waals surface area (Å²) >= 11 is 0. The molecule has 0 aliphatic carbocycles. The third-order valence-corrected chi connectivity index (χ3v) is 5.16. The van der Waals surface area contributed by atoms with E-state index in [1.807, 2.05) is 60.1 Å². The summed E-state index contributed by atoms with van der Waals surface area (Å²) in [6.07, 6.45) is 4.60. The number of imidazole rings is 1. The van der Waals surface area contributed by atoms with Gasteiger partial charge in [0.1, 0.15) is 12.2 Å². The van der Waals surface area contributed by atoms with Gasteiger partial charge in [0.05, 0.1) is 5.69 Å². The number of hydrogen-bond acceptors (Lipinski definition) is 4. The second-order valence-corrected chi connectivity index (χ2v) is 7.46. The first-order chi connectivity index (χ1) is 14.4. The molecule has 4 amide bonds. The minimum Gasteiger partial charge on any atom is -0.326 e. The van der Waals surface area contributed by atoms with Crippen molar-refractivity contribution >= 4 is 29.2 Å². The maximum atomic E-state index is 12.2. The van der Waals surface area contributed by atoms with Gasteiger partial charge in [-0.25, -0.2) is 9.78 Å². The van der Waals surface area contributed by atoms with Crippen LogP contribution in [0.3, 0.4) is 0 Å². The number of rotatable bonds is 6. The molecule has 1 aliphatic rings. The van der Waals surface area contributed by atoms with Gasteiger partial charge < -0.3 is 14.6 Å². The summed E-state index contributed by atoms with van der Waals surface area (Å²) in [6.45, 7) is 2.38. The second-order valence-electron chi connectivity index (χ2n) is 7.46. The summed E-state index contributed by atoms with van der Waals surface area (Å²) in [5.74, 6) is -0.376. The summed E-state index contributed by atoms with van der Waals surface area (Å²) in [7, 11) is 1.59. The number of amides is 4. The van der Waals surface area contributed by atoms with E-state index in [0.717, 1.165) is 22.5 Å². The zero-order valence-electron chi connectivity index (χ0n) is 17.0. The molecule has 0 radical (unpaired) electrons. The highest BCUT2D eigenvalue weighted by molar-refractivity contribution is 6.01. The number of imide groups is 1. The lowest BCUT2D eigenvalue weighted by atomic mass is 10.1. The Morgan fingerprint density at radius 1 is 1.17 bits per heavy atom. The van der Waals surface area contributed by atoms with Crippen molar-refractivity contribution < 1.29 is 14.4 Å². The van der Waals surface area contributed by atoms with E-state index in [0.29, 0.717) is 12.1 Å². The van der Waals surface area contributed by atoms with Gasteiger partial charge in [0, 0.05) is 43.7 Å². The number of aromatic nitrogens is 2. The number of likely N-dealkylation sites (N-methyl/N-ethyl adjacent to an activating group) is 1. The number of hydrogen-bond donors (Lipinski definition) is 1. The molecule has 0 unspecified atom stereocenters. The first-order valence-electron chi connectivity index (χ1n) is 9.82. The Bertz CT molecular complexity index is 1120. The first kappa shape index (κ1) is 19.6. The Hall–Kier alpha value is -3.68. The molecular formula is C22H23N5O3. The maximum absolute atomic E-state index is 12.2. The predicted octanol–water partition coefficient (Wildman–Crippen LogP) is 2.92. The number of carbonyl (C=O) groups is 3. The second kappa shape index (κ2) is 7.98. The molecule has 1 N–H and O–H groups in total. The minimum absolute atomic E-state index is 0.100. The van der Waals surface area contributed by atoms with Crippen LogP contribution in [0, 0.1) is 6.92 Å². The van der Waals surface area contributed by atoms with E-state index in [-0.39, 0.29) is 37.4 Å². The van der Waals surface area contributed by atoms with E-state index in [1.54, 1.807) is 7.05 Å². The molecule has 1 saturated heterocycles. The highest BCUT2D eigenvalue weighted by atomic mass is 16.2. The number of carbonyl (C=O) groups excluding carboxylic acids is 3. The van der Waals surface area contributed by atoms with Gasteiger partial charge in [-0.2, -0.15) is 0 Å². The largest absolute Gasteiger partial charge is 0.326 e. The van der Waals surface area contributed by atoms with Crippen LogP contribution in [0.5, 0.6) is 0 Å². The topological polar surface area (TPSA) is 87.0 Å². The molecule has 8 heteroatoms. The highest BCUT2D eigenvalue weighted by Gasteiger charge is 2.32. The number of anilines is 1. The minimum atomic E-state index is -0.307. The first-order valence-corrected chi connectivity index (χ1v) is 9.82. The van der Waals surface area contributed by atoms with Crippen molar-refractivity contribution in [3.05, 3.63) is 54.4 Å². The van der Waals surface area contributed by atoms with Crippen LogP contribution in [0.15, 0.2) is 48.8 Å². The lowest BCUT2D eigenvalue weighted by molar-refractivity contribution is -0.125. The Balaban J connectivity index is 1.33. The van der Waals surface area contributed by atoms with Crippen LogP contribution in [0.2, 0.25) is 0 Å². The lowest BCUT2D eigenvalue weighted by Gasteiger charge is -2.13. The smallest absolute Gasteiger partial charge is 0.326 e. The number of nitrogens with one attached hydrogen (secondary N) is 1. The number of benzene rings is 1. The lowest BCUT2D eigenvalue weighted by Crippen LogP contribution is -2.32. The van der Waals surface area contributed by atoms with Gasteiger partial charge >= 0.3 is 6.03 Å². The van der Waals surface area contributed by atoms with Gasteiger partial charge in [0.2, 0.25) is 11.8 Å². The standard InChI is InChI=1S/C22H23N5O3/c1-15-5-3-11-26-13-18(24-21(15)26)16-7-9-17(10-8-16)23-19(28)6-4-12-27-20(29)14-25(2)22(27)30/h3,5,7-11,13H,4,6,12,14H2,1-2H3,(H,23,28). The van der Waals surface area contributed by atoms with Crippen molar-refractivity contribution in [2.45, 2.75) is 19.8 Å². The summed E-state index contributed by atoms with van der Waals surface area (Å²) in [4.78, 5) is 43.0. The summed E-state index contributed by atoms with van der Waals surface area (Å²) in [5.41, 5.74) is 4.55. The van der Waals surface area contributed by atoms with E-state index in [2.05, 4.69) is 10.3 Å². The highest BCUT2D eigenvalue weighted by Crippen LogP contribution is 2.22. The van der Waals surface area contributed by atoms with Crippen LogP contribution in [-0.2, 0) is 9.59 Å². The Labute approximate surface area is 174 Å². The molecule has 1 aromatic carbocycles. The van der Waals surface area contributed by atoms with Crippen molar-refractivity contribution in [2.75, 3.05) is 25.5 Å². The van der Waals surface area contributed by atoms with Crippen molar-refractivity contribution in [3.8, 4) is 11.3 Å². The fraction of sp³-hybridized carbons (Fsp3) is 0.273. The van der Waals surface area contributed by atoms with Gasteiger partial charge in [-0.05, 0) is 37.1 Å². The molecule has 4 rings (SSSR count). The number of nitrogens with zero attached hydrogens (tertiary/aromatic N) is 4. The van der Waals surface area contributed by atoms with E-state index >= 15 is 0 Å².